The number of rotatable bonds is 4. The fourth-order valence-corrected chi connectivity index (χ4v) is 11.6. The van der Waals surface area contributed by atoms with Gasteiger partial charge in [-0.25, -0.2) is 0 Å². The summed E-state index contributed by atoms with van der Waals surface area (Å²) < 4.78 is 9.41. The molecule has 0 fully saturated rings. The highest BCUT2D eigenvalue weighted by Gasteiger charge is 2.52. The molecule has 3 nitrogen and oxygen atoms in total. The van der Waals surface area contributed by atoms with Crippen LogP contribution in [0.25, 0.3) is 82.1 Å². The van der Waals surface area contributed by atoms with Crippen LogP contribution in [0.4, 0.5) is 17.1 Å². The summed E-state index contributed by atoms with van der Waals surface area (Å²) in [6.07, 6.45) is 0.970. The smallest absolute Gasteiger partial charge is 0.159 e. The summed E-state index contributed by atoms with van der Waals surface area (Å²) in [5.74, 6) is 0. The number of anilines is 3. The predicted octanol–water partition coefficient (Wildman–Crippen LogP) is 15.7. The molecule has 14 rings (SSSR count). The molecular formula is C59H38N2O. The molecule has 62 heavy (non-hydrogen) atoms. The maximum absolute atomic E-state index is 6.87. The van der Waals surface area contributed by atoms with Crippen molar-refractivity contribution >= 4 is 82.4 Å². The first-order valence-electron chi connectivity index (χ1n) is 21.7. The van der Waals surface area contributed by atoms with Gasteiger partial charge in [0.2, 0.25) is 0 Å². The first-order valence-corrected chi connectivity index (χ1v) is 21.7. The van der Waals surface area contributed by atoms with Gasteiger partial charge in [0.1, 0.15) is 5.58 Å². The molecule has 1 aliphatic heterocycles. The van der Waals surface area contributed by atoms with Crippen molar-refractivity contribution in [2.24, 2.45) is 0 Å². The van der Waals surface area contributed by atoms with Gasteiger partial charge in [0.15, 0.2) is 5.58 Å². The average molecular weight is 791 g/mol. The van der Waals surface area contributed by atoms with Gasteiger partial charge >= 0.3 is 0 Å². The molecule has 1 atom stereocenters. The number of aryl methyl sites for hydroxylation is 1. The van der Waals surface area contributed by atoms with E-state index in [4.69, 9.17) is 4.42 Å². The minimum absolute atomic E-state index is 0.642. The third-order valence-corrected chi connectivity index (χ3v) is 14.1. The highest BCUT2D eigenvalue weighted by Crippen LogP contribution is 2.64. The van der Waals surface area contributed by atoms with E-state index in [1.165, 1.54) is 88.0 Å². The summed E-state index contributed by atoms with van der Waals surface area (Å²) in [5, 5.41) is 9.71. The molecule has 0 radical (unpaired) electrons. The van der Waals surface area contributed by atoms with E-state index in [1.807, 2.05) is 0 Å². The van der Waals surface area contributed by atoms with E-state index in [9.17, 15) is 0 Å². The summed E-state index contributed by atoms with van der Waals surface area (Å²) in [5.41, 5.74) is 17.2. The molecule has 2 aliphatic rings. The van der Waals surface area contributed by atoms with Crippen LogP contribution >= 0.6 is 0 Å². The van der Waals surface area contributed by atoms with E-state index >= 15 is 0 Å². The van der Waals surface area contributed by atoms with Crippen LogP contribution in [0.5, 0.6) is 0 Å². The van der Waals surface area contributed by atoms with Crippen LogP contribution in [0, 0.1) is 0 Å². The second kappa shape index (κ2) is 12.3. The van der Waals surface area contributed by atoms with E-state index < -0.39 is 5.41 Å². The average Bonchev–Trinajstić information content (AvgIpc) is 3.99. The largest absolute Gasteiger partial charge is 0.454 e. The number of benzene rings is 10. The van der Waals surface area contributed by atoms with Gasteiger partial charge < -0.3 is 13.9 Å². The van der Waals surface area contributed by atoms with Gasteiger partial charge in [-0.05, 0) is 104 Å². The zero-order valence-corrected chi connectivity index (χ0v) is 34.1. The fourth-order valence-electron chi connectivity index (χ4n) is 11.6. The van der Waals surface area contributed by atoms with E-state index in [1.54, 1.807) is 0 Å². The molecular weight excluding hydrogens is 753 g/mol. The lowest BCUT2D eigenvalue weighted by atomic mass is 9.65. The molecule has 2 aromatic heterocycles. The maximum Gasteiger partial charge on any atom is 0.159 e. The van der Waals surface area contributed by atoms with Crippen LogP contribution in [0.15, 0.2) is 205 Å². The molecule has 290 valence electrons. The Morgan fingerprint density at radius 3 is 2.00 bits per heavy atom. The van der Waals surface area contributed by atoms with Crippen molar-refractivity contribution < 1.29 is 4.42 Å². The van der Waals surface area contributed by atoms with Gasteiger partial charge in [0.05, 0.1) is 33.5 Å². The fraction of sp³-hybridized carbons (Fsp3) is 0.0508. The second-order valence-corrected chi connectivity index (χ2v) is 17.0. The molecule has 3 heterocycles. The molecule has 0 saturated heterocycles. The molecule has 0 bridgehead atoms. The van der Waals surface area contributed by atoms with Gasteiger partial charge in [-0.15, -0.1) is 0 Å². The Hall–Kier alpha value is -7.88. The molecule has 1 unspecified atom stereocenters. The lowest BCUT2D eigenvalue weighted by molar-refractivity contribution is 0.669. The number of nitrogens with zero attached hydrogens (tertiary/aromatic N) is 2. The standard InChI is InChI=1S/C59H38N2O/c1-2-36-29-32-38(33-30-36)60(52-27-14-22-45-42-19-8-12-28-54(42)62-58(45)52)53-35-49-56(43-20-6-5-17-40(43)53)55-39-16-4-3-15-37(39)31-34-47(55)59(49)46-23-9-11-26-51(46)61-50-25-10-7-18-41(50)44-21-13-24-48(59)57(44)61/h3-35H,2H2,1H3. The van der Waals surface area contributed by atoms with Gasteiger partial charge in [0, 0.05) is 32.6 Å². The Bertz CT molecular complexity index is 3870. The molecule has 0 amide bonds. The Labute approximate surface area is 358 Å². The van der Waals surface area contributed by atoms with Gasteiger partial charge in [-0.1, -0.05) is 165 Å². The van der Waals surface area contributed by atoms with Crippen LogP contribution in [0.1, 0.15) is 34.7 Å². The molecule has 0 saturated carbocycles. The van der Waals surface area contributed by atoms with Gasteiger partial charge in [-0.3, -0.25) is 0 Å². The minimum Gasteiger partial charge on any atom is -0.454 e. The first-order chi connectivity index (χ1) is 30.7. The van der Waals surface area contributed by atoms with Crippen LogP contribution < -0.4 is 4.90 Å². The summed E-state index contributed by atoms with van der Waals surface area (Å²) in [7, 11) is 0. The topological polar surface area (TPSA) is 21.3 Å². The predicted molar refractivity (Wildman–Crippen MR) is 258 cm³/mol. The van der Waals surface area contributed by atoms with Gasteiger partial charge in [-0.2, -0.15) is 0 Å². The zero-order chi connectivity index (χ0) is 40.7. The van der Waals surface area contributed by atoms with E-state index in [-0.39, 0.29) is 0 Å². The first kappa shape index (κ1) is 33.9. The van der Waals surface area contributed by atoms with Crippen LogP contribution in [0.2, 0.25) is 0 Å². The lowest BCUT2D eigenvalue weighted by Crippen LogP contribution is -2.33. The molecule has 12 aromatic rings. The molecule has 3 heteroatoms. The summed E-state index contributed by atoms with van der Waals surface area (Å²) in [4.78, 5) is 2.47. The van der Waals surface area contributed by atoms with Crippen LogP contribution in [-0.2, 0) is 11.8 Å². The maximum atomic E-state index is 6.87. The number of furan rings is 1. The lowest BCUT2D eigenvalue weighted by Gasteiger charge is -2.40. The number of hydrogen-bond donors (Lipinski definition) is 0. The Kier molecular flexibility index (Phi) is 6.75. The SMILES string of the molecule is CCc1ccc(N(c2cc3c(c4ccccc24)-c2c(ccc4ccccc24)C32c3ccccc3-n3c4ccccc4c4cccc2c43)c2cccc3c2oc2ccccc23)cc1. The highest BCUT2D eigenvalue weighted by atomic mass is 16.3. The Morgan fingerprint density at radius 1 is 0.468 bits per heavy atom. The third kappa shape index (κ3) is 4.20. The number of hydrogen-bond acceptors (Lipinski definition) is 2. The van der Waals surface area contributed by atoms with Crippen LogP contribution in [-0.4, -0.2) is 4.57 Å². The summed E-state index contributed by atoms with van der Waals surface area (Å²) >= 11 is 0. The monoisotopic (exact) mass is 790 g/mol. The highest BCUT2D eigenvalue weighted by molar-refractivity contribution is 6.19. The third-order valence-electron chi connectivity index (χ3n) is 14.1. The van der Waals surface area contributed by atoms with Crippen molar-refractivity contribution in [3.8, 4) is 16.8 Å². The summed E-state index contributed by atoms with van der Waals surface area (Å²) in [6, 6.07) is 74.6. The second-order valence-electron chi connectivity index (χ2n) is 17.0. The van der Waals surface area contributed by atoms with Gasteiger partial charge in [0.25, 0.3) is 0 Å². The summed E-state index contributed by atoms with van der Waals surface area (Å²) in [6.45, 7) is 2.22. The van der Waals surface area contributed by atoms with Crippen LogP contribution in [0.3, 0.4) is 0 Å². The van der Waals surface area contributed by atoms with Crippen molar-refractivity contribution in [1.82, 2.24) is 4.57 Å². The van der Waals surface area contributed by atoms with Crippen molar-refractivity contribution in [3.63, 3.8) is 0 Å². The minimum atomic E-state index is -0.642. The van der Waals surface area contributed by atoms with Crippen molar-refractivity contribution in [3.05, 3.63) is 228 Å². The van der Waals surface area contributed by atoms with Crippen molar-refractivity contribution in [2.75, 3.05) is 4.90 Å². The van der Waals surface area contributed by atoms with Crippen molar-refractivity contribution in [2.45, 2.75) is 18.8 Å². The van der Waals surface area contributed by atoms with E-state index in [2.05, 4.69) is 217 Å². The van der Waals surface area contributed by atoms with Crippen molar-refractivity contribution in [1.29, 1.82) is 0 Å². The zero-order valence-electron chi connectivity index (χ0n) is 34.1. The van der Waals surface area contributed by atoms with E-state index in [0.29, 0.717) is 0 Å². The van der Waals surface area contributed by atoms with E-state index in [0.717, 1.165) is 45.4 Å². The molecule has 0 N–H and O–H groups in total. The normalized spacial score (nSPS) is 15.0. The Morgan fingerprint density at radius 2 is 1.13 bits per heavy atom. The quantitative estimate of drug-likeness (QED) is 0.177. The molecule has 1 spiro atoms. The Balaban J connectivity index is 1.19. The molecule has 1 aliphatic carbocycles. The number of fused-ring (bicyclic) bond motifs is 19. The number of aromatic nitrogens is 1. The molecule has 10 aromatic carbocycles. The number of para-hydroxylation sites is 5.